The number of halogens is 1. The molecule has 0 saturated carbocycles. The van der Waals surface area contributed by atoms with Crippen molar-refractivity contribution in [3.63, 3.8) is 0 Å². The van der Waals surface area contributed by atoms with Gasteiger partial charge in [-0.3, -0.25) is 0 Å². The van der Waals surface area contributed by atoms with Crippen LogP contribution in [-0.2, 0) is 16.1 Å². The molecule has 0 spiro atoms. The molecule has 1 rings (SSSR count). The molecular weight excluding hydrogens is 272 g/mol. The number of hydrogen-bond donors (Lipinski definition) is 1. The van der Waals surface area contributed by atoms with E-state index in [4.69, 9.17) is 4.74 Å². The van der Waals surface area contributed by atoms with Crippen molar-refractivity contribution in [3.8, 4) is 0 Å². The lowest BCUT2D eigenvalue weighted by atomic mass is 10.2. The molecule has 0 saturated heterocycles. The minimum Gasteiger partial charge on any atom is -0.461 e. The molecule has 0 aromatic heterocycles. The Labute approximate surface area is 103 Å². The van der Waals surface area contributed by atoms with Gasteiger partial charge in [-0.25, -0.2) is 4.79 Å². The molecule has 0 aliphatic heterocycles. The highest BCUT2D eigenvalue weighted by Gasteiger charge is 2.07. The number of hydrazone groups is 1. The fourth-order valence-electron chi connectivity index (χ4n) is 1.03. The molecule has 0 atom stereocenters. The van der Waals surface area contributed by atoms with Crippen molar-refractivity contribution < 1.29 is 9.53 Å². The number of ether oxygens (including phenoxy) is 1. The maximum absolute atomic E-state index is 11.1. The number of nitrogens with zero attached hydrogens (tertiary/aromatic N) is 1. The van der Waals surface area contributed by atoms with Gasteiger partial charge in [-0.15, -0.1) is 0 Å². The highest BCUT2D eigenvalue weighted by atomic mass is 79.9. The van der Waals surface area contributed by atoms with E-state index in [9.17, 15) is 4.79 Å². The number of carbonyl (C=O) groups is 1. The zero-order chi connectivity index (χ0) is 11.8. The zero-order valence-corrected chi connectivity index (χ0v) is 10.5. The van der Waals surface area contributed by atoms with Crippen LogP contribution >= 0.6 is 15.9 Å². The van der Waals surface area contributed by atoms with Crippen molar-refractivity contribution in [1.29, 1.82) is 0 Å². The average Bonchev–Trinajstić information content (AvgIpc) is 2.30. The standard InChI is InChI=1S/C11H13BrN2O2/c1-2-16-11(15)10(12)14-13-8-9-6-4-3-5-7-9/h3-7,13H,2,8H2,1H3/b14-10-. The predicted molar refractivity (Wildman–Crippen MR) is 66.3 cm³/mol. The molecule has 0 aliphatic rings. The smallest absolute Gasteiger partial charge is 0.366 e. The summed E-state index contributed by atoms with van der Waals surface area (Å²) in [6, 6.07) is 9.78. The second kappa shape index (κ2) is 7.00. The summed E-state index contributed by atoms with van der Waals surface area (Å²) in [4.78, 5) is 11.1. The van der Waals surface area contributed by atoms with Gasteiger partial charge in [0.2, 0.25) is 4.62 Å². The minimum absolute atomic E-state index is 0.144. The summed E-state index contributed by atoms with van der Waals surface area (Å²) >= 11 is 3.03. The van der Waals surface area contributed by atoms with E-state index in [-0.39, 0.29) is 4.62 Å². The van der Waals surface area contributed by atoms with E-state index in [2.05, 4.69) is 26.5 Å². The van der Waals surface area contributed by atoms with Crippen molar-refractivity contribution in [2.75, 3.05) is 6.61 Å². The second-order valence-electron chi connectivity index (χ2n) is 2.94. The average molecular weight is 285 g/mol. The normalized spacial score (nSPS) is 11.0. The van der Waals surface area contributed by atoms with Gasteiger partial charge < -0.3 is 10.2 Å². The monoisotopic (exact) mass is 284 g/mol. The van der Waals surface area contributed by atoms with Crippen LogP contribution in [-0.4, -0.2) is 17.2 Å². The van der Waals surface area contributed by atoms with E-state index >= 15 is 0 Å². The van der Waals surface area contributed by atoms with E-state index < -0.39 is 5.97 Å². The third-order valence-electron chi connectivity index (χ3n) is 1.75. The molecule has 0 bridgehead atoms. The highest BCUT2D eigenvalue weighted by Crippen LogP contribution is 1.98. The summed E-state index contributed by atoms with van der Waals surface area (Å²) in [5.41, 5.74) is 3.87. The van der Waals surface area contributed by atoms with E-state index in [1.165, 1.54) is 0 Å². The van der Waals surface area contributed by atoms with Crippen LogP contribution in [0, 0.1) is 0 Å². The molecule has 4 nitrogen and oxygen atoms in total. The van der Waals surface area contributed by atoms with Crippen LogP contribution in [0.3, 0.4) is 0 Å². The summed E-state index contributed by atoms with van der Waals surface area (Å²) < 4.78 is 4.89. The Kier molecular flexibility index (Phi) is 5.56. The maximum Gasteiger partial charge on any atom is 0.366 e. The molecule has 0 amide bonds. The molecule has 0 unspecified atom stereocenters. The first-order chi connectivity index (χ1) is 7.74. The molecule has 0 fully saturated rings. The lowest BCUT2D eigenvalue weighted by molar-refractivity contribution is -0.134. The summed E-state index contributed by atoms with van der Waals surface area (Å²) in [5, 5.41) is 3.85. The summed E-state index contributed by atoms with van der Waals surface area (Å²) in [5.74, 6) is -0.469. The molecule has 16 heavy (non-hydrogen) atoms. The Balaban J connectivity index is 2.39. The molecule has 1 aromatic carbocycles. The molecular formula is C11H13BrN2O2. The van der Waals surface area contributed by atoms with Crippen LogP contribution in [0.5, 0.6) is 0 Å². The van der Waals surface area contributed by atoms with Crippen LogP contribution in [0.1, 0.15) is 12.5 Å². The van der Waals surface area contributed by atoms with Crippen molar-refractivity contribution in [1.82, 2.24) is 5.43 Å². The Morgan fingerprint density at radius 1 is 1.44 bits per heavy atom. The first kappa shape index (κ1) is 12.7. The van der Waals surface area contributed by atoms with Gasteiger partial charge in [-0.1, -0.05) is 30.3 Å². The molecule has 0 heterocycles. The van der Waals surface area contributed by atoms with Crippen molar-refractivity contribution in [2.45, 2.75) is 13.5 Å². The van der Waals surface area contributed by atoms with Gasteiger partial charge in [0.15, 0.2) is 0 Å². The van der Waals surface area contributed by atoms with Gasteiger partial charge in [0.05, 0.1) is 13.2 Å². The Hall–Kier alpha value is -1.36. The van der Waals surface area contributed by atoms with Gasteiger partial charge in [0.1, 0.15) is 0 Å². The van der Waals surface area contributed by atoms with Gasteiger partial charge in [0, 0.05) is 0 Å². The quantitative estimate of drug-likeness (QED) is 0.512. The molecule has 1 aromatic rings. The fourth-order valence-corrected chi connectivity index (χ4v) is 1.27. The van der Waals surface area contributed by atoms with Gasteiger partial charge in [-0.05, 0) is 28.4 Å². The van der Waals surface area contributed by atoms with Gasteiger partial charge >= 0.3 is 5.97 Å². The van der Waals surface area contributed by atoms with Crippen LogP contribution in [0.4, 0.5) is 0 Å². The zero-order valence-electron chi connectivity index (χ0n) is 8.94. The molecule has 0 radical (unpaired) electrons. The Morgan fingerprint density at radius 2 is 2.12 bits per heavy atom. The van der Waals surface area contributed by atoms with Gasteiger partial charge in [-0.2, -0.15) is 5.10 Å². The number of hydrogen-bond acceptors (Lipinski definition) is 4. The summed E-state index contributed by atoms with van der Waals surface area (Å²) in [7, 11) is 0. The largest absolute Gasteiger partial charge is 0.461 e. The molecule has 86 valence electrons. The number of carbonyl (C=O) groups excluding carboxylic acids is 1. The second-order valence-corrected chi connectivity index (χ2v) is 3.69. The maximum atomic E-state index is 11.1. The van der Waals surface area contributed by atoms with Gasteiger partial charge in [0.25, 0.3) is 0 Å². The lowest BCUT2D eigenvalue weighted by Gasteiger charge is -2.02. The Morgan fingerprint density at radius 3 is 2.75 bits per heavy atom. The van der Waals surface area contributed by atoms with Crippen molar-refractivity contribution >= 4 is 26.5 Å². The van der Waals surface area contributed by atoms with Crippen LogP contribution in [0.25, 0.3) is 0 Å². The highest BCUT2D eigenvalue weighted by molar-refractivity contribution is 9.19. The van der Waals surface area contributed by atoms with Crippen LogP contribution < -0.4 is 5.43 Å². The number of benzene rings is 1. The summed E-state index contributed by atoms with van der Waals surface area (Å²) in [6.07, 6.45) is 0. The topological polar surface area (TPSA) is 50.7 Å². The number of esters is 1. The first-order valence-electron chi connectivity index (χ1n) is 4.91. The number of nitrogens with one attached hydrogen (secondary N) is 1. The van der Waals surface area contributed by atoms with E-state index in [0.717, 1.165) is 5.56 Å². The van der Waals surface area contributed by atoms with E-state index in [1.54, 1.807) is 6.92 Å². The molecule has 1 N–H and O–H groups in total. The van der Waals surface area contributed by atoms with Crippen LogP contribution in [0.2, 0.25) is 0 Å². The van der Waals surface area contributed by atoms with Crippen LogP contribution in [0.15, 0.2) is 35.4 Å². The van der Waals surface area contributed by atoms with E-state index in [1.807, 2.05) is 30.3 Å². The third kappa shape index (κ3) is 4.44. The predicted octanol–water partition coefficient (Wildman–Crippen LogP) is 2.05. The van der Waals surface area contributed by atoms with Crippen molar-refractivity contribution in [2.24, 2.45) is 5.10 Å². The van der Waals surface area contributed by atoms with E-state index in [0.29, 0.717) is 13.2 Å². The lowest BCUT2D eigenvalue weighted by Crippen LogP contribution is -2.16. The summed E-state index contributed by atoms with van der Waals surface area (Å²) in [6.45, 7) is 2.65. The Bertz CT molecular complexity index is 366. The SMILES string of the molecule is CCOC(=O)/C(Br)=N/NCc1ccccc1. The first-order valence-corrected chi connectivity index (χ1v) is 5.70. The minimum atomic E-state index is -0.469. The fraction of sp³-hybridized carbons (Fsp3) is 0.273. The molecule has 5 heteroatoms. The number of rotatable bonds is 5. The molecule has 0 aliphatic carbocycles. The third-order valence-corrected chi connectivity index (χ3v) is 2.25. The van der Waals surface area contributed by atoms with Crippen molar-refractivity contribution in [3.05, 3.63) is 35.9 Å².